The minimum absolute atomic E-state index is 0.0296. The largest absolute Gasteiger partial charge is 0.492 e. The van der Waals surface area contributed by atoms with E-state index in [4.69, 9.17) is 16.3 Å². The molecule has 1 fully saturated rings. The van der Waals surface area contributed by atoms with Crippen LogP contribution >= 0.6 is 11.6 Å². The average molecular weight is 297 g/mol. The van der Waals surface area contributed by atoms with E-state index in [1.807, 2.05) is 12.1 Å². The maximum atomic E-state index is 12.0. The predicted molar refractivity (Wildman–Crippen MR) is 75.7 cm³/mol. The highest BCUT2D eigenvalue weighted by Crippen LogP contribution is 2.17. The smallest absolute Gasteiger partial charge is 0.227 e. The third-order valence-corrected chi connectivity index (χ3v) is 3.43. The van der Waals surface area contributed by atoms with Crippen LogP contribution in [-0.2, 0) is 9.59 Å². The number of hydrogen-bond donors (Lipinski definition) is 1. The van der Waals surface area contributed by atoms with E-state index in [9.17, 15) is 9.59 Å². The standard InChI is InChI=1S/C14H17ClN2O3/c1-17(14(19)10-7-13(18)16-9-10)5-6-20-12-4-2-3-11(15)8-12/h2-4,8,10H,5-7,9H2,1H3,(H,16,18). The molecular formula is C14H17ClN2O3. The Labute approximate surface area is 122 Å². The summed E-state index contributed by atoms with van der Waals surface area (Å²) in [5.74, 6) is 0.333. The van der Waals surface area contributed by atoms with E-state index in [0.717, 1.165) is 0 Å². The molecule has 5 nitrogen and oxygen atoms in total. The van der Waals surface area contributed by atoms with Crippen LogP contribution in [0.15, 0.2) is 24.3 Å². The van der Waals surface area contributed by atoms with Crippen molar-refractivity contribution in [3.8, 4) is 5.75 Å². The van der Waals surface area contributed by atoms with Crippen LogP contribution in [0.1, 0.15) is 6.42 Å². The number of nitrogens with zero attached hydrogens (tertiary/aromatic N) is 1. The van der Waals surface area contributed by atoms with Crippen LogP contribution in [0.4, 0.5) is 0 Å². The van der Waals surface area contributed by atoms with Crippen LogP contribution in [0.3, 0.4) is 0 Å². The lowest BCUT2D eigenvalue weighted by Gasteiger charge is -2.20. The molecule has 1 saturated heterocycles. The van der Waals surface area contributed by atoms with Crippen molar-refractivity contribution in [3.63, 3.8) is 0 Å². The van der Waals surface area contributed by atoms with E-state index in [1.165, 1.54) is 0 Å². The van der Waals surface area contributed by atoms with E-state index >= 15 is 0 Å². The first-order valence-corrected chi connectivity index (χ1v) is 6.84. The number of hydrogen-bond acceptors (Lipinski definition) is 3. The van der Waals surface area contributed by atoms with Crippen LogP contribution < -0.4 is 10.1 Å². The molecule has 1 aliphatic heterocycles. The van der Waals surface area contributed by atoms with Crippen molar-refractivity contribution in [2.24, 2.45) is 5.92 Å². The third kappa shape index (κ3) is 3.87. The summed E-state index contributed by atoms with van der Waals surface area (Å²) in [5, 5.41) is 3.27. The van der Waals surface area contributed by atoms with Gasteiger partial charge < -0.3 is 15.0 Å². The molecule has 0 saturated carbocycles. The second-order valence-corrected chi connectivity index (χ2v) is 5.21. The molecule has 20 heavy (non-hydrogen) atoms. The number of ether oxygens (including phenoxy) is 1. The second-order valence-electron chi connectivity index (χ2n) is 4.77. The van der Waals surface area contributed by atoms with Gasteiger partial charge in [0.2, 0.25) is 11.8 Å². The first-order chi connectivity index (χ1) is 9.56. The Morgan fingerprint density at radius 1 is 1.55 bits per heavy atom. The number of carbonyl (C=O) groups is 2. The Morgan fingerprint density at radius 2 is 2.35 bits per heavy atom. The molecule has 1 aromatic carbocycles. The highest BCUT2D eigenvalue weighted by atomic mass is 35.5. The van der Waals surface area contributed by atoms with Crippen molar-refractivity contribution >= 4 is 23.4 Å². The lowest BCUT2D eigenvalue weighted by atomic mass is 10.1. The van der Waals surface area contributed by atoms with E-state index in [-0.39, 0.29) is 24.2 Å². The molecule has 1 aromatic rings. The Kier molecular flexibility index (Phi) is 4.84. The Hall–Kier alpha value is -1.75. The fourth-order valence-corrected chi connectivity index (χ4v) is 2.24. The quantitative estimate of drug-likeness (QED) is 0.891. The molecule has 0 radical (unpaired) electrons. The topological polar surface area (TPSA) is 58.6 Å². The number of amides is 2. The molecule has 2 amide bonds. The lowest BCUT2D eigenvalue weighted by molar-refractivity contribution is -0.134. The summed E-state index contributed by atoms with van der Waals surface area (Å²) in [6.45, 7) is 1.28. The molecule has 1 heterocycles. The molecule has 1 atom stereocenters. The molecule has 0 aromatic heterocycles. The highest BCUT2D eigenvalue weighted by Gasteiger charge is 2.29. The third-order valence-electron chi connectivity index (χ3n) is 3.19. The molecular weight excluding hydrogens is 280 g/mol. The number of halogens is 1. The lowest BCUT2D eigenvalue weighted by Crippen LogP contribution is -2.36. The van der Waals surface area contributed by atoms with E-state index in [1.54, 1.807) is 24.1 Å². The summed E-state index contributed by atoms with van der Waals surface area (Å²) in [4.78, 5) is 24.7. The minimum Gasteiger partial charge on any atom is -0.492 e. The zero-order valence-corrected chi connectivity index (χ0v) is 12.0. The van der Waals surface area contributed by atoms with Gasteiger partial charge >= 0.3 is 0 Å². The number of benzene rings is 1. The van der Waals surface area contributed by atoms with Crippen molar-refractivity contribution in [1.29, 1.82) is 0 Å². The van der Waals surface area contributed by atoms with Crippen LogP contribution in [0.2, 0.25) is 5.02 Å². The van der Waals surface area contributed by atoms with Crippen molar-refractivity contribution in [3.05, 3.63) is 29.3 Å². The average Bonchev–Trinajstić information content (AvgIpc) is 2.84. The van der Waals surface area contributed by atoms with Gasteiger partial charge in [0.15, 0.2) is 0 Å². The summed E-state index contributed by atoms with van der Waals surface area (Å²) in [5.41, 5.74) is 0. The fraction of sp³-hybridized carbons (Fsp3) is 0.429. The van der Waals surface area contributed by atoms with Crippen LogP contribution in [-0.4, -0.2) is 43.5 Å². The van der Waals surface area contributed by atoms with Crippen molar-refractivity contribution in [2.45, 2.75) is 6.42 Å². The molecule has 0 aliphatic carbocycles. The Balaban J connectivity index is 1.76. The molecule has 1 aliphatic rings. The van der Waals surface area contributed by atoms with E-state index in [2.05, 4.69) is 5.32 Å². The summed E-state index contributed by atoms with van der Waals surface area (Å²) in [6, 6.07) is 7.12. The first kappa shape index (κ1) is 14.7. The van der Waals surface area contributed by atoms with Crippen LogP contribution in [0.5, 0.6) is 5.75 Å². The van der Waals surface area contributed by atoms with Gasteiger partial charge in [-0.15, -0.1) is 0 Å². The van der Waals surface area contributed by atoms with Gasteiger partial charge in [0.1, 0.15) is 12.4 Å². The molecule has 0 bridgehead atoms. The molecule has 108 valence electrons. The summed E-state index contributed by atoms with van der Waals surface area (Å²) < 4.78 is 5.53. The predicted octanol–water partition coefficient (Wildman–Crippen LogP) is 1.31. The van der Waals surface area contributed by atoms with Crippen LogP contribution in [0.25, 0.3) is 0 Å². The summed E-state index contributed by atoms with van der Waals surface area (Å²) in [6.07, 6.45) is 0.276. The monoisotopic (exact) mass is 296 g/mol. The zero-order valence-electron chi connectivity index (χ0n) is 11.3. The number of rotatable bonds is 5. The summed E-state index contributed by atoms with van der Waals surface area (Å²) >= 11 is 5.85. The van der Waals surface area contributed by atoms with Gasteiger partial charge in [0, 0.05) is 25.0 Å². The molecule has 0 spiro atoms. The van der Waals surface area contributed by atoms with E-state index in [0.29, 0.717) is 30.5 Å². The van der Waals surface area contributed by atoms with Gasteiger partial charge in [-0.25, -0.2) is 0 Å². The second kappa shape index (κ2) is 6.61. The summed E-state index contributed by atoms with van der Waals surface area (Å²) in [7, 11) is 1.71. The van der Waals surface area contributed by atoms with Gasteiger partial charge in [0.25, 0.3) is 0 Å². The maximum absolute atomic E-state index is 12.0. The van der Waals surface area contributed by atoms with Gasteiger partial charge in [-0.3, -0.25) is 9.59 Å². The highest BCUT2D eigenvalue weighted by molar-refractivity contribution is 6.30. The molecule has 1 unspecified atom stereocenters. The van der Waals surface area contributed by atoms with Crippen molar-refractivity contribution < 1.29 is 14.3 Å². The number of carbonyl (C=O) groups excluding carboxylic acids is 2. The number of likely N-dealkylation sites (N-methyl/N-ethyl adjacent to an activating group) is 1. The number of nitrogens with one attached hydrogen (secondary N) is 1. The van der Waals surface area contributed by atoms with Crippen LogP contribution in [0, 0.1) is 5.92 Å². The first-order valence-electron chi connectivity index (χ1n) is 6.46. The zero-order chi connectivity index (χ0) is 14.5. The Morgan fingerprint density at radius 3 is 3.00 bits per heavy atom. The van der Waals surface area contributed by atoms with Crippen molar-refractivity contribution in [1.82, 2.24) is 10.2 Å². The van der Waals surface area contributed by atoms with Gasteiger partial charge in [-0.05, 0) is 18.2 Å². The minimum atomic E-state index is -0.251. The van der Waals surface area contributed by atoms with Crippen molar-refractivity contribution in [2.75, 3.05) is 26.7 Å². The normalized spacial score (nSPS) is 17.7. The van der Waals surface area contributed by atoms with Gasteiger partial charge in [-0.1, -0.05) is 17.7 Å². The fourth-order valence-electron chi connectivity index (χ4n) is 2.06. The Bertz CT molecular complexity index is 507. The maximum Gasteiger partial charge on any atom is 0.227 e. The van der Waals surface area contributed by atoms with Gasteiger partial charge in [-0.2, -0.15) is 0 Å². The van der Waals surface area contributed by atoms with E-state index < -0.39 is 0 Å². The van der Waals surface area contributed by atoms with Gasteiger partial charge in [0.05, 0.1) is 12.5 Å². The SMILES string of the molecule is CN(CCOc1cccc(Cl)c1)C(=O)C1CNC(=O)C1. The molecule has 1 N–H and O–H groups in total. The molecule has 6 heteroatoms. The molecule has 2 rings (SSSR count).